The number of amides is 1. The third-order valence-electron chi connectivity index (χ3n) is 4.45. The summed E-state index contributed by atoms with van der Waals surface area (Å²) in [5.41, 5.74) is 1.22. The van der Waals surface area contributed by atoms with E-state index in [0.717, 1.165) is 24.5 Å². The second-order valence-electron chi connectivity index (χ2n) is 6.06. The predicted molar refractivity (Wildman–Crippen MR) is 100 cm³/mol. The van der Waals surface area contributed by atoms with Gasteiger partial charge < -0.3 is 4.90 Å². The molecule has 26 heavy (non-hydrogen) atoms. The lowest BCUT2D eigenvalue weighted by molar-refractivity contribution is -0.385. The van der Waals surface area contributed by atoms with E-state index in [9.17, 15) is 14.9 Å². The second kappa shape index (κ2) is 8.29. The Kier molecular flexibility index (Phi) is 5.85. The number of carbonyl (C=O) groups excluding carboxylic acids is 1. The summed E-state index contributed by atoms with van der Waals surface area (Å²) in [6.07, 6.45) is 5.42. The molecule has 1 aromatic carbocycles. The molecular formula is C18H20N4O3S. The first kappa shape index (κ1) is 18.3. The van der Waals surface area contributed by atoms with Gasteiger partial charge in [-0.1, -0.05) is 0 Å². The maximum Gasteiger partial charge on any atom is 0.282 e. The van der Waals surface area contributed by atoms with Crippen molar-refractivity contribution in [3.63, 3.8) is 0 Å². The minimum Gasteiger partial charge on any atom is -0.336 e. The lowest BCUT2D eigenvalue weighted by atomic mass is 10.1. The third-order valence-corrected chi connectivity index (χ3v) is 5.17. The number of aromatic nitrogens is 1. The predicted octanol–water partition coefficient (Wildman–Crippen LogP) is 2.67. The molecule has 2 aromatic rings. The van der Waals surface area contributed by atoms with Crippen LogP contribution in [0.2, 0.25) is 0 Å². The van der Waals surface area contributed by atoms with Crippen molar-refractivity contribution < 1.29 is 9.72 Å². The zero-order valence-corrected chi connectivity index (χ0v) is 15.3. The number of piperazine rings is 1. The number of pyridine rings is 1. The highest BCUT2D eigenvalue weighted by atomic mass is 32.2. The van der Waals surface area contributed by atoms with Crippen molar-refractivity contribution in [2.45, 2.75) is 11.4 Å². The maximum atomic E-state index is 12.8. The van der Waals surface area contributed by atoms with Crippen LogP contribution in [0, 0.1) is 10.1 Å². The van der Waals surface area contributed by atoms with E-state index in [0.29, 0.717) is 13.1 Å². The SMILES string of the molecule is CSc1ccc([N+](=O)[O-])c(C(=O)N2CCN(Cc3ccncc3)CC2)c1. The Morgan fingerprint density at radius 3 is 2.50 bits per heavy atom. The fraction of sp³-hybridized carbons (Fsp3) is 0.333. The minimum atomic E-state index is -0.489. The van der Waals surface area contributed by atoms with Gasteiger partial charge in [-0.2, -0.15) is 0 Å². The van der Waals surface area contributed by atoms with Gasteiger partial charge >= 0.3 is 0 Å². The summed E-state index contributed by atoms with van der Waals surface area (Å²) in [4.78, 5) is 32.5. The highest BCUT2D eigenvalue weighted by Crippen LogP contribution is 2.26. The standard InChI is InChI=1S/C18H20N4O3S/c1-26-15-2-3-17(22(24)25)16(12-15)18(23)21-10-8-20(9-11-21)13-14-4-6-19-7-5-14/h2-7,12H,8-11,13H2,1H3. The van der Waals surface area contributed by atoms with Gasteiger partial charge in [-0.25, -0.2) is 0 Å². The summed E-state index contributed by atoms with van der Waals surface area (Å²) in [5, 5.41) is 11.3. The largest absolute Gasteiger partial charge is 0.336 e. The molecule has 1 fully saturated rings. The number of nitro benzene ring substituents is 1. The van der Waals surface area contributed by atoms with E-state index in [1.54, 1.807) is 29.4 Å². The van der Waals surface area contributed by atoms with Gasteiger partial charge in [0.05, 0.1) is 4.92 Å². The number of thioether (sulfide) groups is 1. The molecular weight excluding hydrogens is 352 g/mol. The average Bonchev–Trinajstić information content (AvgIpc) is 2.68. The lowest BCUT2D eigenvalue weighted by Crippen LogP contribution is -2.48. The number of carbonyl (C=O) groups is 1. The molecule has 0 N–H and O–H groups in total. The van der Waals surface area contributed by atoms with Gasteiger partial charge in [0.2, 0.25) is 0 Å². The number of hydrogen-bond acceptors (Lipinski definition) is 6. The average molecular weight is 372 g/mol. The van der Waals surface area contributed by atoms with E-state index >= 15 is 0 Å². The molecule has 1 aliphatic rings. The van der Waals surface area contributed by atoms with E-state index in [1.165, 1.54) is 23.4 Å². The Balaban J connectivity index is 1.68. The van der Waals surface area contributed by atoms with Crippen molar-refractivity contribution in [2.24, 2.45) is 0 Å². The monoisotopic (exact) mass is 372 g/mol. The molecule has 0 saturated carbocycles. The molecule has 0 radical (unpaired) electrons. The highest BCUT2D eigenvalue weighted by Gasteiger charge is 2.27. The molecule has 0 bridgehead atoms. The molecule has 1 aliphatic heterocycles. The first-order valence-electron chi connectivity index (χ1n) is 8.31. The second-order valence-corrected chi connectivity index (χ2v) is 6.94. The topological polar surface area (TPSA) is 79.6 Å². The fourth-order valence-electron chi connectivity index (χ4n) is 3.00. The fourth-order valence-corrected chi connectivity index (χ4v) is 3.44. The summed E-state index contributed by atoms with van der Waals surface area (Å²) in [7, 11) is 0. The van der Waals surface area contributed by atoms with Gasteiger partial charge in [-0.05, 0) is 36.1 Å². The van der Waals surface area contributed by atoms with Crippen LogP contribution in [0.4, 0.5) is 5.69 Å². The molecule has 0 spiro atoms. The van der Waals surface area contributed by atoms with Crippen molar-refractivity contribution in [1.29, 1.82) is 0 Å². The van der Waals surface area contributed by atoms with Gasteiger partial charge in [-0.15, -0.1) is 11.8 Å². The number of benzene rings is 1. The number of nitro groups is 1. The van der Waals surface area contributed by atoms with Gasteiger partial charge in [0.25, 0.3) is 11.6 Å². The van der Waals surface area contributed by atoms with Crippen LogP contribution in [-0.2, 0) is 6.54 Å². The number of nitrogens with zero attached hydrogens (tertiary/aromatic N) is 4. The van der Waals surface area contributed by atoms with Crippen LogP contribution in [0.5, 0.6) is 0 Å². The zero-order valence-electron chi connectivity index (χ0n) is 14.5. The Morgan fingerprint density at radius 2 is 1.88 bits per heavy atom. The first-order valence-corrected chi connectivity index (χ1v) is 9.54. The molecule has 0 aliphatic carbocycles. The molecule has 1 aromatic heterocycles. The van der Waals surface area contributed by atoms with Crippen molar-refractivity contribution in [3.05, 3.63) is 64.0 Å². The van der Waals surface area contributed by atoms with Crippen molar-refractivity contribution in [2.75, 3.05) is 32.4 Å². The van der Waals surface area contributed by atoms with Crippen molar-refractivity contribution in [1.82, 2.24) is 14.8 Å². The van der Waals surface area contributed by atoms with E-state index in [2.05, 4.69) is 9.88 Å². The highest BCUT2D eigenvalue weighted by molar-refractivity contribution is 7.98. The van der Waals surface area contributed by atoms with Gasteiger partial charge in [0, 0.05) is 56.1 Å². The Bertz CT molecular complexity index is 792. The number of rotatable bonds is 5. The van der Waals surface area contributed by atoms with Crippen LogP contribution < -0.4 is 0 Å². The van der Waals surface area contributed by atoms with Crippen LogP contribution in [-0.4, -0.2) is 58.0 Å². The number of hydrogen-bond donors (Lipinski definition) is 0. The normalized spacial score (nSPS) is 15.0. The Hall–Kier alpha value is -2.45. The smallest absolute Gasteiger partial charge is 0.282 e. The molecule has 8 heteroatoms. The summed E-state index contributed by atoms with van der Waals surface area (Å²) < 4.78 is 0. The van der Waals surface area contributed by atoms with Crippen LogP contribution >= 0.6 is 11.8 Å². The van der Waals surface area contributed by atoms with Gasteiger partial charge in [0.1, 0.15) is 5.56 Å². The molecule has 2 heterocycles. The molecule has 0 unspecified atom stereocenters. The van der Waals surface area contributed by atoms with E-state index in [1.807, 2.05) is 18.4 Å². The summed E-state index contributed by atoms with van der Waals surface area (Å²) in [5.74, 6) is -0.267. The van der Waals surface area contributed by atoms with Crippen LogP contribution in [0.3, 0.4) is 0 Å². The van der Waals surface area contributed by atoms with Crippen molar-refractivity contribution >= 4 is 23.4 Å². The molecule has 3 rings (SSSR count). The summed E-state index contributed by atoms with van der Waals surface area (Å²) >= 11 is 1.46. The van der Waals surface area contributed by atoms with Crippen molar-refractivity contribution in [3.8, 4) is 0 Å². The third kappa shape index (κ3) is 4.20. The molecule has 1 saturated heterocycles. The van der Waals surface area contributed by atoms with E-state index in [4.69, 9.17) is 0 Å². The Morgan fingerprint density at radius 1 is 1.19 bits per heavy atom. The quantitative estimate of drug-likeness (QED) is 0.456. The molecule has 0 atom stereocenters. The summed E-state index contributed by atoms with van der Waals surface area (Å²) in [6.45, 7) is 3.41. The van der Waals surface area contributed by atoms with Crippen LogP contribution in [0.15, 0.2) is 47.6 Å². The maximum absolute atomic E-state index is 12.8. The van der Waals surface area contributed by atoms with E-state index < -0.39 is 4.92 Å². The van der Waals surface area contributed by atoms with Crippen LogP contribution in [0.1, 0.15) is 15.9 Å². The first-order chi connectivity index (χ1) is 12.6. The Labute approximate surface area is 156 Å². The molecule has 1 amide bonds. The van der Waals surface area contributed by atoms with Gasteiger partial charge in [-0.3, -0.25) is 24.8 Å². The lowest BCUT2D eigenvalue weighted by Gasteiger charge is -2.34. The minimum absolute atomic E-state index is 0.132. The van der Waals surface area contributed by atoms with E-state index in [-0.39, 0.29) is 17.2 Å². The molecule has 136 valence electrons. The molecule has 7 nitrogen and oxygen atoms in total. The zero-order chi connectivity index (χ0) is 18.5. The summed E-state index contributed by atoms with van der Waals surface area (Å²) in [6, 6.07) is 8.67. The van der Waals surface area contributed by atoms with Crippen LogP contribution in [0.25, 0.3) is 0 Å². The van der Waals surface area contributed by atoms with Gasteiger partial charge in [0.15, 0.2) is 0 Å².